The van der Waals surface area contributed by atoms with Crippen LogP contribution in [0.1, 0.15) is 42.6 Å². The number of likely N-dealkylation sites (tertiary alicyclic amines) is 1. The molecule has 3 amide bonds. The van der Waals surface area contributed by atoms with Gasteiger partial charge < -0.3 is 20.3 Å². The third-order valence-corrected chi connectivity index (χ3v) is 5.16. The first-order valence-corrected chi connectivity index (χ1v) is 9.83. The smallest absolute Gasteiger partial charge is 0.271 e. The van der Waals surface area contributed by atoms with Gasteiger partial charge in [-0.3, -0.25) is 14.4 Å². The van der Waals surface area contributed by atoms with Gasteiger partial charge >= 0.3 is 0 Å². The zero-order valence-electron chi connectivity index (χ0n) is 15.5. The minimum Gasteiger partial charge on any atom is -0.377 e. The number of halogens is 1. The molecule has 2 fully saturated rings. The van der Waals surface area contributed by atoms with E-state index in [0.717, 1.165) is 25.7 Å². The lowest BCUT2D eigenvalue weighted by Gasteiger charge is -2.26. The molecule has 9 nitrogen and oxygen atoms in total. The van der Waals surface area contributed by atoms with E-state index in [1.165, 1.54) is 12.5 Å². The van der Waals surface area contributed by atoms with Crippen molar-refractivity contribution in [1.29, 1.82) is 0 Å². The molecule has 0 unspecified atom stereocenters. The van der Waals surface area contributed by atoms with E-state index in [1.807, 2.05) is 0 Å². The van der Waals surface area contributed by atoms with Gasteiger partial charge in [0.25, 0.3) is 5.91 Å². The highest BCUT2D eigenvalue weighted by Gasteiger charge is 2.32. The van der Waals surface area contributed by atoms with E-state index in [0.29, 0.717) is 13.0 Å². The van der Waals surface area contributed by atoms with Crippen LogP contribution in [-0.4, -0.2) is 71.0 Å². The number of aromatic nitrogens is 2. The second-order valence-corrected chi connectivity index (χ2v) is 7.40. The van der Waals surface area contributed by atoms with Crippen LogP contribution in [0.2, 0.25) is 5.02 Å². The molecule has 0 spiro atoms. The van der Waals surface area contributed by atoms with Gasteiger partial charge in [0.05, 0.1) is 36.9 Å². The lowest BCUT2D eigenvalue weighted by molar-refractivity contribution is -0.136. The largest absolute Gasteiger partial charge is 0.377 e. The average molecular weight is 410 g/mol. The summed E-state index contributed by atoms with van der Waals surface area (Å²) in [6.45, 7) is 1.16. The molecule has 28 heavy (non-hydrogen) atoms. The number of hydrogen-bond acceptors (Lipinski definition) is 6. The molecule has 2 aliphatic rings. The summed E-state index contributed by atoms with van der Waals surface area (Å²) in [5.41, 5.74) is 0.0693. The number of ether oxygens (including phenoxy) is 1. The Hall–Kier alpha value is -2.26. The highest BCUT2D eigenvalue weighted by atomic mass is 35.5. The number of rotatable bonds is 5. The van der Waals surface area contributed by atoms with Gasteiger partial charge in [-0.05, 0) is 12.8 Å². The highest BCUT2D eigenvalue weighted by molar-refractivity contribution is 6.33. The fourth-order valence-corrected chi connectivity index (χ4v) is 3.55. The van der Waals surface area contributed by atoms with Crippen LogP contribution in [0.25, 0.3) is 0 Å². The van der Waals surface area contributed by atoms with Gasteiger partial charge in [-0.25, -0.2) is 9.97 Å². The highest BCUT2D eigenvalue weighted by Crippen LogP contribution is 2.14. The molecule has 3 heterocycles. The van der Waals surface area contributed by atoms with Crippen LogP contribution in [0.3, 0.4) is 0 Å². The Morgan fingerprint density at radius 1 is 1.18 bits per heavy atom. The van der Waals surface area contributed by atoms with Crippen molar-refractivity contribution < 1.29 is 19.1 Å². The fraction of sp³-hybridized carbons (Fsp3) is 0.611. The predicted octanol–water partition coefficient (Wildman–Crippen LogP) is 0.536. The Morgan fingerprint density at radius 3 is 2.71 bits per heavy atom. The second kappa shape index (κ2) is 9.79. The summed E-state index contributed by atoms with van der Waals surface area (Å²) in [6.07, 6.45) is 6.97. The zero-order chi connectivity index (χ0) is 19.9. The van der Waals surface area contributed by atoms with Crippen molar-refractivity contribution >= 4 is 29.3 Å². The summed E-state index contributed by atoms with van der Waals surface area (Å²) in [5, 5.41) is 5.80. The Kier molecular flexibility index (Phi) is 7.16. The van der Waals surface area contributed by atoms with Gasteiger partial charge in [-0.15, -0.1) is 0 Å². The molecule has 0 aliphatic carbocycles. The fourth-order valence-electron chi connectivity index (χ4n) is 3.36. The molecule has 3 rings (SSSR count). The van der Waals surface area contributed by atoms with Gasteiger partial charge in [-0.2, -0.15) is 0 Å². The van der Waals surface area contributed by atoms with E-state index < -0.39 is 11.9 Å². The van der Waals surface area contributed by atoms with Gasteiger partial charge in [-0.1, -0.05) is 24.4 Å². The summed E-state index contributed by atoms with van der Waals surface area (Å²) in [6, 6.07) is -0.799. The molecule has 0 aromatic carbocycles. The normalized spacial score (nSPS) is 23.0. The van der Waals surface area contributed by atoms with Gasteiger partial charge in [0.15, 0.2) is 0 Å². The van der Waals surface area contributed by atoms with Crippen LogP contribution in [0, 0.1) is 0 Å². The van der Waals surface area contributed by atoms with Crippen LogP contribution < -0.4 is 10.6 Å². The molecule has 2 saturated heterocycles. The van der Waals surface area contributed by atoms with Crippen molar-refractivity contribution in [2.45, 2.75) is 44.2 Å². The Balaban J connectivity index is 1.54. The molecule has 2 N–H and O–H groups in total. The third-order valence-electron chi connectivity index (χ3n) is 4.88. The van der Waals surface area contributed by atoms with Crippen molar-refractivity contribution in [3.8, 4) is 0 Å². The maximum absolute atomic E-state index is 12.5. The molecule has 0 saturated carbocycles. The maximum atomic E-state index is 12.5. The number of nitrogens with one attached hydrogen (secondary N) is 2. The van der Waals surface area contributed by atoms with Gasteiger partial charge in [0.1, 0.15) is 12.0 Å². The van der Waals surface area contributed by atoms with E-state index in [1.54, 1.807) is 4.90 Å². The van der Waals surface area contributed by atoms with Crippen LogP contribution in [0.5, 0.6) is 0 Å². The van der Waals surface area contributed by atoms with E-state index >= 15 is 0 Å². The molecular formula is C18H24ClN5O4. The molecule has 2 atom stereocenters. The topological polar surface area (TPSA) is 114 Å². The summed E-state index contributed by atoms with van der Waals surface area (Å²) < 4.78 is 5.41. The average Bonchev–Trinajstić information content (AvgIpc) is 3.08. The predicted molar refractivity (Wildman–Crippen MR) is 101 cm³/mol. The third kappa shape index (κ3) is 5.39. The van der Waals surface area contributed by atoms with Crippen LogP contribution in [0.15, 0.2) is 12.5 Å². The Bertz CT molecular complexity index is 732. The molecule has 0 radical (unpaired) electrons. The van der Waals surface area contributed by atoms with Gasteiger partial charge in [0, 0.05) is 19.2 Å². The van der Waals surface area contributed by atoms with E-state index in [-0.39, 0.29) is 48.3 Å². The summed E-state index contributed by atoms with van der Waals surface area (Å²) in [5.74, 6) is -0.703. The number of hydrogen-bond donors (Lipinski definition) is 2. The van der Waals surface area contributed by atoms with E-state index in [4.69, 9.17) is 16.3 Å². The SMILES string of the molecule is O=C(CN1CCCCCCC1=O)N[C@H]1COC[C@H]1NC(=O)c1ncncc1Cl. The van der Waals surface area contributed by atoms with Crippen molar-refractivity contribution in [3.05, 3.63) is 23.2 Å². The lowest BCUT2D eigenvalue weighted by Crippen LogP contribution is -2.53. The molecular weight excluding hydrogens is 386 g/mol. The molecule has 1 aromatic heterocycles. The first-order valence-electron chi connectivity index (χ1n) is 9.46. The van der Waals surface area contributed by atoms with Crippen molar-refractivity contribution in [3.63, 3.8) is 0 Å². The molecule has 152 valence electrons. The van der Waals surface area contributed by atoms with Crippen molar-refractivity contribution in [2.75, 3.05) is 26.3 Å². The van der Waals surface area contributed by atoms with Crippen molar-refractivity contribution in [1.82, 2.24) is 25.5 Å². The van der Waals surface area contributed by atoms with Gasteiger partial charge in [0.2, 0.25) is 11.8 Å². The van der Waals surface area contributed by atoms with E-state index in [2.05, 4.69) is 20.6 Å². The lowest BCUT2D eigenvalue weighted by atomic mass is 10.1. The second-order valence-electron chi connectivity index (χ2n) is 6.99. The van der Waals surface area contributed by atoms with E-state index in [9.17, 15) is 14.4 Å². The van der Waals surface area contributed by atoms with Crippen molar-refractivity contribution in [2.24, 2.45) is 0 Å². The number of carbonyl (C=O) groups is 3. The minimum atomic E-state index is -0.457. The quantitative estimate of drug-likeness (QED) is 0.733. The summed E-state index contributed by atoms with van der Waals surface area (Å²) in [4.78, 5) is 46.2. The Labute approximate surface area is 168 Å². The maximum Gasteiger partial charge on any atom is 0.271 e. The van der Waals surface area contributed by atoms with Crippen LogP contribution in [-0.2, 0) is 14.3 Å². The summed E-state index contributed by atoms with van der Waals surface area (Å²) >= 11 is 5.95. The zero-order valence-corrected chi connectivity index (χ0v) is 16.3. The standard InChI is InChI=1S/C18H24ClN5O4/c19-12-7-20-11-21-17(12)18(27)23-14-10-28-9-13(14)22-15(25)8-24-6-4-2-1-3-5-16(24)26/h7,11,13-14H,1-6,8-10H2,(H,22,25)(H,23,27)/t13-,14+/m0/s1. The molecule has 2 aliphatic heterocycles. The molecule has 1 aromatic rings. The monoisotopic (exact) mass is 409 g/mol. The first-order chi connectivity index (χ1) is 13.5. The van der Waals surface area contributed by atoms with Crippen LogP contribution in [0.4, 0.5) is 0 Å². The molecule has 0 bridgehead atoms. The minimum absolute atomic E-state index is 0.0146. The first kappa shape index (κ1) is 20.5. The number of carbonyl (C=O) groups excluding carboxylic acids is 3. The summed E-state index contributed by atoms with van der Waals surface area (Å²) in [7, 11) is 0. The van der Waals surface area contributed by atoms with Crippen LogP contribution >= 0.6 is 11.6 Å². The number of nitrogens with zero attached hydrogens (tertiary/aromatic N) is 3. The molecule has 10 heteroatoms. The number of amides is 3. The Morgan fingerprint density at radius 2 is 1.93 bits per heavy atom.